The Kier molecular flexibility index (Phi) is 3.73. The highest BCUT2D eigenvalue weighted by Crippen LogP contribution is 2.38. The van der Waals surface area contributed by atoms with Gasteiger partial charge in [-0.3, -0.25) is 9.78 Å². The molecular formula is C18H19FN2O2. The van der Waals surface area contributed by atoms with Crippen molar-refractivity contribution in [1.82, 2.24) is 10.3 Å². The lowest BCUT2D eigenvalue weighted by Crippen LogP contribution is -2.42. The monoisotopic (exact) mass is 314 g/mol. The van der Waals surface area contributed by atoms with Crippen LogP contribution in [0.25, 0.3) is 10.9 Å². The van der Waals surface area contributed by atoms with E-state index in [1.807, 2.05) is 0 Å². The van der Waals surface area contributed by atoms with Crippen molar-refractivity contribution in [2.45, 2.75) is 37.8 Å². The lowest BCUT2D eigenvalue weighted by Gasteiger charge is -2.30. The molecular weight excluding hydrogens is 295 g/mol. The molecule has 4 nitrogen and oxygen atoms in total. The number of nitrogens with one attached hydrogen (secondary N) is 1. The Morgan fingerprint density at radius 2 is 2.13 bits per heavy atom. The number of rotatable bonds is 3. The molecule has 1 amide bonds. The van der Waals surface area contributed by atoms with Crippen molar-refractivity contribution >= 4 is 16.8 Å². The summed E-state index contributed by atoms with van der Waals surface area (Å²) in [6, 6.07) is 6.22. The maximum absolute atomic E-state index is 13.3. The van der Waals surface area contributed by atoms with Crippen LogP contribution in [0.1, 0.15) is 36.0 Å². The van der Waals surface area contributed by atoms with Crippen molar-refractivity contribution < 1.29 is 13.9 Å². The van der Waals surface area contributed by atoms with Gasteiger partial charge in [0, 0.05) is 24.2 Å². The summed E-state index contributed by atoms with van der Waals surface area (Å²) < 4.78 is 19.1. The molecule has 2 heterocycles. The first-order chi connectivity index (χ1) is 11.2. The zero-order valence-electron chi connectivity index (χ0n) is 12.8. The van der Waals surface area contributed by atoms with Gasteiger partial charge in [0.1, 0.15) is 5.82 Å². The van der Waals surface area contributed by atoms with Crippen LogP contribution in [0.2, 0.25) is 0 Å². The molecule has 1 N–H and O–H groups in total. The number of benzene rings is 1. The van der Waals surface area contributed by atoms with E-state index in [9.17, 15) is 9.18 Å². The van der Waals surface area contributed by atoms with Gasteiger partial charge in [-0.25, -0.2) is 4.39 Å². The molecule has 1 aromatic heterocycles. The van der Waals surface area contributed by atoms with E-state index in [0.29, 0.717) is 29.0 Å². The molecule has 1 aromatic carbocycles. The van der Waals surface area contributed by atoms with Gasteiger partial charge in [-0.1, -0.05) is 0 Å². The van der Waals surface area contributed by atoms with Gasteiger partial charge in [0.15, 0.2) is 0 Å². The van der Waals surface area contributed by atoms with Gasteiger partial charge in [-0.05, 0) is 55.9 Å². The van der Waals surface area contributed by atoms with Crippen LogP contribution in [-0.4, -0.2) is 29.6 Å². The first-order valence-electron chi connectivity index (χ1n) is 8.17. The molecule has 2 aliphatic rings. The molecule has 1 saturated heterocycles. The SMILES string of the molecule is O=C(NC1CCOC(C2CC2)C1)c1cnc2ccc(F)cc2c1. The predicted octanol–water partition coefficient (Wildman–Crippen LogP) is 3.06. The fourth-order valence-electron chi connectivity index (χ4n) is 3.25. The van der Waals surface area contributed by atoms with Gasteiger partial charge < -0.3 is 10.1 Å². The van der Waals surface area contributed by atoms with Crippen LogP contribution in [0.5, 0.6) is 0 Å². The number of carbonyl (C=O) groups excluding carboxylic acids is 1. The van der Waals surface area contributed by atoms with Gasteiger partial charge in [-0.15, -0.1) is 0 Å². The quantitative estimate of drug-likeness (QED) is 0.947. The van der Waals surface area contributed by atoms with Crippen molar-refractivity contribution in [2.75, 3.05) is 6.61 Å². The molecule has 2 atom stereocenters. The van der Waals surface area contributed by atoms with Gasteiger partial charge in [-0.2, -0.15) is 0 Å². The summed E-state index contributed by atoms with van der Waals surface area (Å²) in [5, 5.41) is 3.71. The highest BCUT2D eigenvalue weighted by atomic mass is 19.1. The molecule has 0 bridgehead atoms. The number of halogens is 1. The van der Waals surface area contributed by atoms with Crippen molar-refractivity contribution in [3.05, 3.63) is 41.8 Å². The average Bonchev–Trinajstić information content (AvgIpc) is 3.39. The van der Waals surface area contributed by atoms with Crippen molar-refractivity contribution in [3.8, 4) is 0 Å². The Balaban J connectivity index is 1.47. The number of fused-ring (bicyclic) bond motifs is 1. The van der Waals surface area contributed by atoms with Crippen LogP contribution in [0, 0.1) is 11.7 Å². The fraction of sp³-hybridized carbons (Fsp3) is 0.444. The molecule has 2 unspecified atom stereocenters. The van der Waals surface area contributed by atoms with Crippen LogP contribution in [-0.2, 0) is 4.74 Å². The lowest BCUT2D eigenvalue weighted by atomic mass is 9.99. The predicted molar refractivity (Wildman–Crippen MR) is 84.7 cm³/mol. The molecule has 2 fully saturated rings. The Hall–Kier alpha value is -2.01. The fourth-order valence-corrected chi connectivity index (χ4v) is 3.25. The summed E-state index contributed by atoms with van der Waals surface area (Å²) in [5.74, 6) is 0.207. The van der Waals surface area contributed by atoms with E-state index in [1.165, 1.54) is 25.0 Å². The zero-order valence-corrected chi connectivity index (χ0v) is 12.8. The van der Waals surface area contributed by atoms with Crippen molar-refractivity contribution in [2.24, 2.45) is 5.92 Å². The Bertz CT molecular complexity index is 745. The number of amides is 1. The van der Waals surface area contributed by atoms with Crippen LogP contribution < -0.4 is 5.32 Å². The van der Waals surface area contributed by atoms with Crippen LogP contribution in [0.15, 0.2) is 30.5 Å². The summed E-state index contributed by atoms with van der Waals surface area (Å²) in [7, 11) is 0. The summed E-state index contributed by atoms with van der Waals surface area (Å²) in [6.07, 6.45) is 6.04. The molecule has 1 saturated carbocycles. The third kappa shape index (κ3) is 3.20. The van der Waals surface area contributed by atoms with E-state index in [2.05, 4.69) is 10.3 Å². The summed E-state index contributed by atoms with van der Waals surface area (Å²) in [4.78, 5) is 16.7. The minimum absolute atomic E-state index is 0.144. The van der Waals surface area contributed by atoms with Crippen molar-refractivity contribution in [3.63, 3.8) is 0 Å². The molecule has 120 valence electrons. The van der Waals surface area contributed by atoms with E-state index in [1.54, 1.807) is 18.3 Å². The topological polar surface area (TPSA) is 51.2 Å². The summed E-state index contributed by atoms with van der Waals surface area (Å²) in [5.41, 5.74) is 1.15. The molecule has 0 radical (unpaired) electrons. The number of carbonyl (C=O) groups is 1. The molecule has 1 aliphatic heterocycles. The highest BCUT2D eigenvalue weighted by Gasteiger charge is 2.36. The first kappa shape index (κ1) is 14.6. The molecule has 1 aliphatic carbocycles. The highest BCUT2D eigenvalue weighted by molar-refractivity contribution is 5.97. The minimum atomic E-state index is -0.325. The number of hydrogen-bond donors (Lipinski definition) is 1. The van der Waals surface area contributed by atoms with Gasteiger partial charge >= 0.3 is 0 Å². The smallest absolute Gasteiger partial charge is 0.253 e. The number of pyridine rings is 1. The van der Waals surface area contributed by atoms with Crippen LogP contribution in [0.4, 0.5) is 4.39 Å². The molecule has 0 spiro atoms. The molecule has 2 aromatic rings. The second kappa shape index (κ2) is 5.89. The largest absolute Gasteiger partial charge is 0.378 e. The maximum atomic E-state index is 13.3. The first-order valence-corrected chi connectivity index (χ1v) is 8.17. The van der Waals surface area contributed by atoms with Crippen LogP contribution in [0.3, 0.4) is 0 Å². The van der Waals surface area contributed by atoms with Gasteiger partial charge in [0.05, 0.1) is 17.2 Å². The van der Waals surface area contributed by atoms with Crippen LogP contribution >= 0.6 is 0 Å². The van der Waals surface area contributed by atoms with E-state index < -0.39 is 0 Å². The summed E-state index contributed by atoms with van der Waals surface area (Å²) in [6.45, 7) is 0.702. The Labute approximate surface area is 134 Å². The van der Waals surface area contributed by atoms with Gasteiger partial charge in [0.25, 0.3) is 5.91 Å². The molecule has 5 heteroatoms. The second-order valence-electron chi connectivity index (χ2n) is 6.50. The number of ether oxygens (including phenoxy) is 1. The number of hydrogen-bond acceptors (Lipinski definition) is 3. The molecule has 23 heavy (non-hydrogen) atoms. The van der Waals surface area contributed by atoms with Gasteiger partial charge in [0.2, 0.25) is 0 Å². The van der Waals surface area contributed by atoms with E-state index in [4.69, 9.17) is 4.74 Å². The summed E-state index contributed by atoms with van der Waals surface area (Å²) >= 11 is 0. The molecule has 4 rings (SSSR count). The third-order valence-corrected chi connectivity index (χ3v) is 4.70. The minimum Gasteiger partial charge on any atom is -0.378 e. The number of aromatic nitrogens is 1. The Morgan fingerprint density at radius 1 is 1.26 bits per heavy atom. The standard InChI is InChI=1S/C18H19FN2O2/c19-14-3-4-16-12(8-14)7-13(10-20-16)18(22)21-15-5-6-23-17(9-15)11-1-2-11/h3-4,7-8,10-11,15,17H,1-2,5-6,9H2,(H,21,22). The third-order valence-electron chi connectivity index (χ3n) is 4.70. The second-order valence-corrected chi connectivity index (χ2v) is 6.50. The number of nitrogens with zero attached hydrogens (tertiary/aromatic N) is 1. The van der Waals surface area contributed by atoms with E-state index >= 15 is 0 Å². The zero-order chi connectivity index (χ0) is 15.8. The Morgan fingerprint density at radius 3 is 2.96 bits per heavy atom. The maximum Gasteiger partial charge on any atom is 0.253 e. The lowest BCUT2D eigenvalue weighted by molar-refractivity contribution is -0.0102. The average molecular weight is 314 g/mol. The van der Waals surface area contributed by atoms with Crippen molar-refractivity contribution in [1.29, 1.82) is 0 Å². The normalized spacial score (nSPS) is 24.6. The van der Waals surface area contributed by atoms with E-state index in [0.717, 1.165) is 12.8 Å². The van der Waals surface area contributed by atoms with E-state index in [-0.39, 0.29) is 23.9 Å².